The highest BCUT2D eigenvalue weighted by Gasteiger charge is 2.17. The van der Waals surface area contributed by atoms with Gasteiger partial charge in [-0.3, -0.25) is 4.79 Å². The quantitative estimate of drug-likeness (QED) is 0.821. The lowest BCUT2D eigenvalue weighted by Crippen LogP contribution is -2.36. The Kier molecular flexibility index (Phi) is 4.53. The van der Waals surface area contributed by atoms with Crippen molar-refractivity contribution < 1.29 is 14.3 Å². The first kappa shape index (κ1) is 14.8. The topological polar surface area (TPSA) is 60.3 Å². The predicted octanol–water partition coefficient (Wildman–Crippen LogP) is 2.14. The molecule has 0 aliphatic carbocycles. The van der Waals surface area contributed by atoms with E-state index >= 15 is 0 Å². The van der Waals surface area contributed by atoms with E-state index in [1.807, 2.05) is 29.0 Å². The Morgan fingerprint density at radius 3 is 3.00 bits per heavy atom. The van der Waals surface area contributed by atoms with Crippen LogP contribution in [-0.4, -0.2) is 36.0 Å². The second kappa shape index (κ2) is 6.75. The van der Waals surface area contributed by atoms with Crippen molar-refractivity contribution in [3.05, 3.63) is 36.0 Å². The normalized spacial score (nSPS) is 20.5. The van der Waals surface area contributed by atoms with Crippen molar-refractivity contribution in [2.45, 2.75) is 31.8 Å². The van der Waals surface area contributed by atoms with Crippen LogP contribution in [0.15, 0.2) is 30.5 Å². The van der Waals surface area contributed by atoms with E-state index in [-0.39, 0.29) is 5.91 Å². The van der Waals surface area contributed by atoms with Gasteiger partial charge in [-0.1, -0.05) is 12.1 Å². The van der Waals surface area contributed by atoms with Gasteiger partial charge in [0.15, 0.2) is 0 Å². The van der Waals surface area contributed by atoms with Crippen LogP contribution < -0.4 is 5.32 Å². The molecule has 2 aromatic rings. The van der Waals surface area contributed by atoms with E-state index < -0.39 is 6.04 Å². The first-order valence-electron chi connectivity index (χ1n) is 7.71. The van der Waals surface area contributed by atoms with Gasteiger partial charge < -0.3 is 19.4 Å². The molecule has 0 fully saturated rings. The Morgan fingerprint density at radius 1 is 1.23 bits per heavy atom. The van der Waals surface area contributed by atoms with Gasteiger partial charge in [0.1, 0.15) is 6.29 Å². The van der Waals surface area contributed by atoms with E-state index in [0.29, 0.717) is 31.7 Å². The second-order valence-corrected chi connectivity index (χ2v) is 5.58. The Morgan fingerprint density at radius 2 is 2.14 bits per heavy atom. The summed E-state index contributed by atoms with van der Waals surface area (Å²) in [5, 5.41) is 3.85. The molecule has 1 aromatic heterocycles. The molecule has 1 amide bonds. The zero-order valence-corrected chi connectivity index (χ0v) is 12.5. The molecule has 0 saturated heterocycles. The van der Waals surface area contributed by atoms with Gasteiger partial charge in [0, 0.05) is 24.7 Å². The highest BCUT2D eigenvalue weighted by atomic mass is 16.5. The summed E-state index contributed by atoms with van der Waals surface area (Å²) < 4.78 is 7.68. The van der Waals surface area contributed by atoms with Gasteiger partial charge in [0.2, 0.25) is 0 Å². The second-order valence-electron chi connectivity index (χ2n) is 5.58. The number of aromatic nitrogens is 1. The number of amides is 1. The number of carbonyl (C=O) groups is 2. The maximum atomic E-state index is 12.5. The van der Waals surface area contributed by atoms with Gasteiger partial charge in [-0.25, -0.2) is 0 Å². The van der Waals surface area contributed by atoms with Crippen molar-refractivity contribution in [2.75, 3.05) is 13.2 Å². The maximum absolute atomic E-state index is 12.5. The third-order valence-corrected chi connectivity index (χ3v) is 4.04. The average molecular weight is 300 g/mol. The van der Waals surface area contributed by atoms with Crippen LogP contribution in [0.1, 0.15) is 29.6 Å². The van der Waals surface area contributed by atoms with E-state index in [0.717, 1.165) is 30.0 Å². The van der Waals surface area contributed by atoms with Gasteiger partial charge >= 0.3 is 0 Å². The summed E-state index contributed by atoms with van der Waals surface area (Å²) in [5.74, 6) is -0.192. The van der Waals surface area contributed by atoms with Crippen LogP contribution in [0.2, 0.25) is 0 Å². The van der Waals surface area contributed by atoms with Crippen LogP contribution in [0.4, 0.5) is 0 Å². The number of para-hydroxylation sites is 1. The minimum absolute atomic E-state index is 0.192. The molecule has 1 atom stereocenters. The summed E-state index contributed by atoms with van der Waals surface area (Å²) in [6, 6.07) is 7.21. The number of benzene rings is 1. The standard InChI is InChI=1S/C17H20N2O3/c20-12-14-5-1-2-10-22-11-9-19-8-7-13-4-3-6-15(16(13)19)17(21)18-14/h3-4,6-8,12,14H,1-2,5,9-11H2,(H,18,21). The number of aldehydes is 1. The minimum atomic E-state index is -0.438. The molecular weight excluding hydrogens is 280 g/mol. The molecule has 1 unspecified atom stereocenters. The summed E-state index contributed by atoms with van der Waals surface area (Å²) in [5.41, 5.74) is 1.50. The van der Waals surface area contributed by atoms with E-state index in [1.165, 1.54) is 0 Å². The maximum Gasteiger partial charge on any atom is 0.253 e. The van der Waals surface area contributed by atoms with Gasteiger partial charge in [0.25, 0.3) is 5.91 Å². The molecule has 0 bridgehead atoms. The number of nitrogens with zero attached hydrogens (tertiary/aromatic N) is 1. The molecule has 3 rings (SSSR count). The lowest BCUT2D eigenvalue weighted by atomic mass is 10.1. The van der Waals surface area contributed by atoms with Crippen LogP contribution in [0.25, 0.3) is 10.9 Å². The third kappa shape index (κ3) is 3.04. The molecule has 1 aliphatic rings. The highest BCUT2D eigenvalue weighted by molar-refractivity contribution is 6.06. The van der Waals surface area contributed by atoms with Crippen LogP contribution in [0.3, 0.4) is 0 Å². The highest BCUT2D eigenvalue weighted by Crippen LogP contribution is 2.21. The van der Waals surface area contributed by atoms with Gasteiger partial charge in [-0.05, 0) is 31.4 Å². The molecule has 2 heterocycles. The first-order chi connectivity index (χ1) is 10.8. The van der Waals surface area contributed by atoms with Crippen LogP contribution in [0, 0.1) is 0 Å². The lowest BCUT2D eigenvalue weighted by molar-refractivity contribution is -0.109. The number of carbonyl (C=O) groups excluding carboxylic acids is 2. The number of ether oxygens (including phenoxy) is 1. The Balaban J connectivity index is 1.99. The molecule has 1 N–H and O–H groups in total. The fourth-order valence-corrected chi connectivity index (χ4v) is 2.88. The van der Waals surface area contributed by atoms with Crippen molar-refractivity contribution >= 4 is 23.1 Å². The number of hydrogen-bond acceptors (Lipinski definition) is 3. The molecule has 1 aromatic carbocycles. The Bertz CT molecular complexity index is 678. The molecule has 116 valence electrons. The lowest BCUT2D eigenvalue weighted by Gasteiger charge is -2.13. The molecule has 0 saturated carbocycles. The number of rotatable bonds is 1. The zero-order valence-electron chi connectivity index (χ0n) is 12.5. The molecule has 5 heteroatoms. The van der Waals surface area contributed by atoms with Crippen LogP contribution in [0.5, 0.6) is 0 Å². The number of hydrogen-bond donors (Lipinski definition) is 1. The van der Waals surface area contributed by atoms with E-state index in [4.69, 9.17) is 4.74 Å². The molecule has 22 heavy (non-hydrogen) atoms. The molecule has 0 spiro atoms. The zero-order chi connectivity index (χ0) is 15.4. The third-order valence-electron chi connectivity index (χ3n) is 4.04. The molecule has 1 aliphatic heterocycles. The van der Waals surface area contributed by atoms with Crippen LogP contribution >= 0.6 is 0 Å². The van der Waals surface area contributed by atoms with E-state index in [1.54, 1.807) is 6.07 Å². The molecule has 0 radical (unpaired) electrons. The van der Waals surface area contributed by atoms with Gasteiger partial charge in [0.05, 0.1) is 23.7 Å². The number of nitrogens with one attached hydrogen (secondary N) is 1. The smallest absolute Gasteiger partial charge is 0.253 e. The fourth-order valence-electron chi connectivity index (χ4n) is 2.88. The minimum Gasteiger partial charge on any atom is -0.380 e. The summed E-state index contributed by atoms with van der Waals surface area (Å²) in [7, 11) is 0. The summed E-state index contributed by atoms with van der Waals surface area (Å²) >= 11 is 0. The Labute approximate surface area is 129 Å². The van der Waals surface area contributed by atoms with E-state index in [9.17, 15) is 9.59 Å². The van der Waals surface area contributed by atoms with Crippen molar-refractivity contribution in [1.82, 2.24) is 9.88 Å². The molecule has 5 nitrogen and oxygen atoms in total. The average Bonchev–Trinajstić information content (AvgIpc) is 2.95. The van der Waals surface area contributed by atoms with Gasteiger partial charge in [-0.2, -0.15) is 0 Å². The van der Waals surface area contributed by atoms with Crippen molar-refractivity contribution in [1.29, 1.82) is 0 Å². The monoisotopic (exact) mass is 300 g/mol. The van der Waals surface area contributed by atoms with E-state index in [2.05, 4.69) is 5.32 Å². The summed E-state index contributed by atoms with van der Waals surface area (Å²) in [6.07, 6.45) is 5.20. The Hall–Kier alpha value is -2.14. The van der Waals surface area contributed by atoms with Gasteiger partial charge in [-0.15, -0.1) is 0 Å². The van der Waals surface area contributed by atoms with Crippen molar-refractivity contribution in [3.63, 3.8) is 0 Å². The van der Waals surface area contributed by atoms with Crippen molar-refractivity contribution in [2.24, 2.45) is 0 Å². The summed E-state index contributed by atoms with van der Waals surface area (Å²) in [6.45, 7) is 2.02. The van der Waals surface area contributed by atoms with Crippen molar-refractivity contribution in [3.8, 4) is 0 Å². The first-order valence-corrected chi connectivity index (χ1v) is 7.71. The largest absolute Gasteiger partial charge is 0.380 e. The fraction of sp³-hybridized carbons (Fsp3) is 0.412. The van der Waals surface area contributed by atoms with Crippen LogP contribution in [-0.2, 0) is 16.1 Å². The summed E-state index contributed by atoms with van der Waals surface area (Å²) in [4.78, 5) is 23.7. The predicted molar refractivity (Wildman–Crippen MR) is 83.9 cm³/mol. The SMILES string of the molecule is O=CC1CCCCOCCn2ccc3cccc(c32)C(=O)N1. The molecular formula is C17H20N2O3.